The molecule has 1 aromatic rings. The summed E-state index contributed by atoms with van der Waals surface area (Å²) in [6, 6.07) is 9.85. The average Bonchev–Trinajstić information content (AvgIpc) is 2.34. The van der Waals surface area contributed by atoms with E-state index >= 15 is 0 Å². The maximum atomic E-state index is 11.9. The first-order valence-electron chi connectivity index (χ1n) is 6.31. The first-order valence-corrected chi connectivity index (χ1v) is 10.6. The highest BCUT2D eigenvalue weighted by Gasteiger charge is 2.31. The van der Waals surface area contributed by atoms with Gasteiger partial charge in [-0.1, -0.05) is 18.2 Å². The van der Waals surface area contributed by atoms with E-state index in [-0.39, 0.29) is 17.3 Å². The Labute approximate surface area is 120 Å². The number of esters is 1. The van der Waals surface area contributed by atoms with Crippen LogP contribution in [0, 0.1) is 0 Å². The Morgan fingerprint density at radius 3 is 2.26 bits per heavy atom. The van der Waals surface area contributed by atoms with Gasteiger partial charge >= 0.3 is 5.97 Å². The fourth-order valence-electron chi connectivity index (χ4n) is 1.72. The molecule has 106 valence electrons. The second-order valence-electron chi connectivity index (χ2n) is 5.31. The van der Waals surface area contributed by atoms with E-state index < -0.39 is 8.32 Å². The molecule has 0 saturated carbocycles. The Balaban J connectivity index is 2.80. The molecule has 0 radical (unpaired) electrons. The predicted molar refractivity (Wildman–Crippen MR) is 82.0 cm³/mol. The SMILES string of the molecule is COC(=O)[C@@H](Sc1ccccc1)[C@H](C)O[Si](C)(C)C. The number of benzene rings is 1. The fourth-order valence-corrected chi connectivity index (χ4v) is 4.11. The summed E-state index contributed by atoms with van der Waals surface area (Å²) in [7, 11) is -0.261. The van der Waals surface area contributed by atoms with Crippen molar-refractivity contribution in [3.63, 3.8) is 0 Å². The first-order chi connectivity index (χ1) is 8.83. The highest BCUT2D eigenvalue weighted by Crippen LogP contribution is 2.28. The minimum atomic E-state index is -1.68. The minimum Gasteiger partial charge on any atom is -0.468 e. The molecular formula is C14H22O3SSi. The molecular weight excluding hydrogens is 276 g/mol. The van der Waals surface area contributed by atoms with E-state index in [2.05, 4.69) is 19.6 Å². The van der Waals surface area contributed by atoms with Crippen molar-refractivity contribution in [2.24, 2.45) is 0 Å². The Hall–Kier alpha value is -0.783. The van der Waals surface area contributed by atoms with E-state index in [1.54, 1.807) is 0 Å². The van der Waals surface area contributed by atoms with Crippen molar-refractivity contribution in [3.05, 3.63) is 30.3 Å². The van der Waals surface area contributed by atoms with Gasteiger partial charge in [0, 0.05) is 4.90 Å². The van der Waals surface area contributed by atoms with Gasteiger partial charge in [0.1, 0.15) is 5.25 Å². The maximum absolute atomic E-state index is 11.9. The van der Waals surface area contributed by atoms with Crippen molar-refractivity contribution >= 4 is 26.0 Å². The van der Waals surface area contributed by atoms with Gasteiger partial charge in [0.25, 0.3) is 0 Å². The number of carbonyl (C=O) groups is 1. The van der Waals surface area contributed by atoms with Crippen molar-refractivity contribution in [2.45, 2.75) is 42.8 Å². The Morgan fingerprint density at radius 2 is 1.79 bits per heavy atom. The summed E-state index contributed by atoms with van der Waals surface area (Å²) in [5.74, 6) is -0.236. The monoisotopic (exact) mass is 298 g/mol. The van der Waals surface area contributed by atoms with Crippen molar-refractivity contribution in [3.8, 4) is 0 Å². The molecule has 0 aromatic heterocycles. The van der Waals surface area contributed by atoms with Crippen LogP contribution in [0.1, 0.15) is 6.92 Å². The Kier molecular flexibility index (Phi) is 6.10. The number of carbonyl (C=O) groups excluding carboxylic acids is 1. The Morgan fingerprint density at radius 1 is 1.21 bits per heavy atom. The third-order valence-electron chi connectivity index (χ3n) is 2.41. The summed E-state index contributed by atoms with van der Waals surface area (Å²) in [6.45, 7) is 8.29. The molecule has 1 aromatic carbocycles. The van der Waals surface area contributed by atoms with Crippen LogP contribution < -0.4 is 0 Å². The van der Waals surface area contributed by atoms with Crippen molar-refractivity contribution in [2.75, 3.05) is 7.11 Å². The zero-order valence-electron chi connectivity index (χ0n) is 12.2. The number of ether oxygens (including phenoxy) is 1. The van der Waals surface area contributed by atoms with Gasteiger partial charge in [-0.2, -0.15) is 0 Å². The highest BCUT2D eigenvalue weighted by molar-refractivity contribution is 8.00. The zero-order chi connectivity index (χ0) is 14.5. The molecule has 0 fully saturated rings. The van der Waals surface area contributed by atoms with Gasteiger partial charge < -0.3 is 9.16 Å². The molecule has 0 aliphatic rings. The highest BCUT2D eigenvalue weighted by atomic mass is 32.2. The normalized spacial score (nSPS) is 14.8. The lowest BCUT2D eigenvalue weighted by Gasteiger charge is -2.28. The molecule has 0 heterocycles. The number of hydrogen-bond acceptors (Lipinski definition) is 4. The van der Waals surface area contributed by atoms with Gasteiger partial charge in [0.2, 0.25) is 0 Å². The summed E-state index contributed by atoms with van der Waals surface area (Å²) >= 11 is 1.49. The van der Waals surface area contributed by atoms with Crippen LogP contribution in [0.5, 0.6) is 0 Å². The number of thioether (sulfide) groups is 1. The molecule has 0 bridgehead atoms. The number of rotatable bonds is 6. The number of hydrogen-bond donors (Lipinski definition) is 0. The summed E-state index contributed by atoms with van der Waals surface area (Å²) in [4.78, 5) is 13.0. The molecule has 19 heavy (non-hydrogen) atoms. The van der Waals surface area contributed by atoms with Crippen LogP contribution in [-0.4, -0.2) is 32.8 Å². The molecule has 0 saturated heterocycles. The second-order valence-corrected chi connectivity index (χ2v) is 11.0. The lowest BCUT2D eigenvalue weighted by molar-refractivity contribution is -0.141. The molecule has 2 atom stereocenters. The van der Waals surface area contributed by atoms with Gasteiger partial charge in [0.05, 0.1) is 13.2 Å². The van der Waals surface area contributed by atoms with E-state index in [0.717, 1.165) is 4.90 Å². The Bertz CT molecular complexity index is 403. The zero-order valence-corrected chi connectivity index (χ0v) is 14.0. The van der Waals surface area contributed by atoms with Crippen LogP contribution in [0.2, 0.25) is 19.6 Å². The standard InChI is InChI=1S/C14H22O3SSi/c1-11(17-19(3,4)5)13(14(15)16-2)18-12-9-7-6-8-10-12/h6-11,13H,1-5H3/t11-,13-/m0/s1. The molecule has 1 rings (SSSR count). The smallest absolute Gasteiger partial charge is 0.321 e. The van der Waals surface area contributed by atoms with Crippen LogP contribution >= 0.6 is 11.8 Å². The molecule has 3 nitrogen and oxygen atoms in total. The molecule has 0 amide bonds. The van der Waals surface area contributed by atoms with Crippen molar-refractivity contribution in [1.29, 1.82) is 0 Å². The van der Waals surface area contributed by atoms with Crippen LogP contribution in [0.15, 0.2) is 35.2 Å². The summed E-state index contributed by atoms with van der Waals surface area (Å²) in [5, 5.41) is -0.334. The van der Waals surface area contributed by atoms with E-state index in [4.69, 9.17) is 9.16 Å². The van der Waals surface area contributed by atoms with Crippen LogP contribution in [-0.2, 0) is 14.0 Å². The third-order valence-corrected chi connectivity index (χ3v) is 4.86. The fraction of sp³-hybridized carbons (Fsp3) is 0.500. The van der Waals surface area contributed by atoms with Crippen LogP contribution in [0.4, 0.5) is 0 Å². The average molecular weight is 298 g/mol. The quantitative estimate of drug-likeness (QED) is 0.457. The molecule has 5 heteroatoms. The predicted octanol–water partition coefficient (Wildman–Crippen LogP) is 3.56. The van der Waals surface area contributed by atoms with E-state index in [1.165, 1.54) is 18.9 Å². The molecule has 0 N–H and O–H groups in total. The van der Waals surface area contributed by atoms with Gasteiger partial charge in [-0.15, -0.1) is 11.8 Å². The largest absolute Gasteiger partial charge is 0.468 e. The van der Waals surface area contributed by atoms with Crippen LogP contribution in [0.3, 0.4) is 0 Å². The summed E-state index contributed by atoms with van der Waals surface area (Å²) in [5.41, 5.74) is 0. The van der Waals surface area contributed by atoms with Crippen molar-refractivity contribution < 1.29 is 14.0 Å². The summed E-state index contributed by atoms with van der Waals surface area (Å²) in [6.07, 6.45) is -0.163. The van der Waals surface area contributed by atoms with Gasteiger partial charge in [0.15, 0.2) is 8.32 Å². The van der Waals surface area contributed by atoms with Gasteiger partial charge in [-0.3, -0.25) is 4.79 Å². The van der Waals surface area contributed by atoms with E-state index in [9.17, 15) is 4.79 Å². The lowest BCUT2D eigenvalue weighted by Crippen LogP contribution is -2.39. The number of methoxy groups -OCH3 is 1. The van der Waals surface area contributed by atoms with Crippen molar-refractivity contribution in [1.82, 2.24) is 0 Å². The van der Waals surface area contributed by atoms with E-state index in [0.29, 0.717) is 0 Å². The van der Waals surface area contributed by atoms with Gasteiger partial charge in [-0.25, -0.2) is 0 Å². The van der Waals surface area contributed by atoms with Gasteiger partial charge in [-0.05, 0) is 38.7 Å². The lowest BCUT2D eigenvalue weighted by atomic mass is 10.3. The third kappa shape index (κ3) is 5.80. The molecule has 0 unspecified atom stereocenters. The second kappa shape index (κ2) is 7.12. The van der Waals surface area contributed by atoms with Crippen LogP contribution in [0.25, 0.3) is 0 Å². The topological polar surface area (TPSA) is 35.5 Å². The first kappa shape index (κ1) is 16.3. The summed E-state index contributed by atoms with van der Waals surface area (Å²) < 4.78 is 10.9. The molecule has 0 aliphatic carbocycles. The maximum Gasteiger partial charge on any atom is 0.321 e. The van der Waals surface area contributed by atoms with E-state index in [1.807, 2.05) is 37.3 Å². The minimum absolute atomic E-state index is 0.163. The molecule has 0 aliphatic heterocycles. The molecule has 0 spiro atoms.